The average Bonchev–Trinajstić information content (AvgIpc) is 2.21. The summed E-state index contributed by atoms with van der Waals surface area (Å²) in [6, 6.07) is 0. The lowest BCUT2D eigenvalue weighted by Gasteiger charge is -2.33. The third kappa shape index (κ3) is 2.91. The lowest BCUT2D eigenvalue weighted by atomic mass is 10.2. The van der Waals surface area contributed by atoms with Gasteiger partial charge in [-0.15, -0.1) is 0 Å². The molecular weight excluding hydrogens is 164 g/mol. The fraction of sp³-hybridized carbons (Fsp3) is 1.00. The van der Waals surface area contributed by atoms with Crippen LogP contribution in [-0.2, 0) is 0 Å². The standard InChI is InChI=1S/C9H20N4/c1-2-11-9(12-3-1)8-13-6-4-10-5-7-13/h9-12H,1-8H2. The molecule has 4 nitrogen and oxygen atoms in total. The maximum atomic E-state index is 3.49. The largest absolute Gasteiger partial charge is 0.314 e. The van der Waals surface area contributed by atoms with Gasteiger partial charge in [0.1, 0.15) is 0 Å². The summed E-state index contributed by atoms with van der Waals surface area (Å²) in [6.45, 7) is 8.17. The summed E-state index contributed by atoms with van der Waals surface area (Å²) in [6.07, 6.45) is 1.78. The highest BCUT2D eigenvalue weighted by Crippen LogP contribution is 1.96. The van der Waals surface area contributed by atoms with Crippen molar-refractivity contribution in [3.8, 4) is 0 Å². The molecule has 0 radical (unpaired) electrons. The number of hydrogen-bond donors (Lipinski definition) is 3. The van der Waals surface area contributed by atoms with Crippen molar-refractivity contribution in [3.05, 3.63) is 0 Å². The third-order valence-electron chi connectivity index (χ3n) is 2.79. The Morgan fingerprint density at radius 1 is 1.00 bits per heavy atom. The van der Waals surface area contributed by atoms with Crippen molar-refractivity contribution in [2.45, 2.75) is 12.6 Å². The minimum Gasteiger partial charge on any atom is -0.314 e. The molecule has 2 aliphatic rings. The Hall–Kier alpha value is -0.160. The summed E-state index contributed by atoms with van der Waals surface area (Å²) < 4.78 is 0. The molecule has 2 rings (SSSR count). The fourth-order valence-corrected chi connectivity index (χ4v) is 1.99. The van der Waals surface area contributed by atoms with Crippen LogP contribution in [0.25, 0.3) is 0 Å². The Labute approximate surface area is 80.1 Å². The van der Waals surface area contributed by atoms with Crippen molar-refractivity contribution in [2.24, 2.45) is 0 Å². The van der Waals surface area contributed by atoms with Gasteiger partial charge in [-0.05, 0) is 19.5 Å². The monoisotopic (exact) mass is 184 g/mol. The summed E-state index contributed by atoms with van der Waals surface area (Å²) in [7, 11) is 0. The first kappa shape index (κ1) is 9.40. The van der Waals surface area contributed by atoms with E-state index < -0.39 is 0 Å². The first-order valence-corrected chi connectivity index (χ1v) is 5.35. The second-order valence-electron chi connectivity index (χ2n) is 3.86. The maximum absolute atomic E-state index is 3.49. The summed E-state index contributed by atoms with van der Waals surface area (Å²) in [5.74, 6) is 0. The van der Waals surface area contributed by atoms with Gasteiger partial charge < -0.3 is 16.0 Å². The molecule has 3 N–H and O–H groups in total. The predicted molar refractivity (Wildman–Crippen MR) is 53.7 cm³/mol. The zero-order valence-corrected chi connectivity index (χ0v) is 8.18. The molecule has 2 aliphatic heterocycles. The second-order valence-corrected chi connectivity index (χ2v) is 3.86. The van der Waals surface area contributed by atoms with Gasteiger partial charge in [0.2, 0.25) is 0 Å². The van der Waals surface area contributed by atoms with Crippen molar-refractivity contribution in [1.82, 2.24) is 20.9 Å². The molecule has 0 aromatic heterocycles. The normalized spacial score (nSPS) is 27.7. The summed E-state index contributed by atoms with van der Waals surface area (Å²) >= 11 is 0. The van der Waals surface area contributed by atoms with Crippen molar-refractivity contribution in [3.63, 3.8) is 0 Å². The zero-order valence-electron chi connectivity index (χ0n) is 8.18. The van der Waals surface area contributed by atoms with Crippen molar-refractivity contribution < 1.29 is 0 Å². The number of hydrogen-bond acceptors (Lipinski definition) is 4. The van der Waals surface area contributed by atoms with Crippen LogP contribution in [0, 0.1) is 0 Å². The number of nitrogens with zero attached hydrogens (tertiary/aromatic N) is 1. The van der Waals surface area contributed by atoms with E-state index in [1.165, 1.54) is 32.6 Å². The Balaban J connectivity index is 1.69. The average molecular weight is 184 g/mol. The molecule has 0 bridgehead atoms. The molecule has 2 saturated heterocycles. The van der Waals surface area contributed by atoms with Gasteiger partial charge in [0.05, 0.1) is 6.17 Å². The fourth-order valence-electron chi connectivity index (χ4n) is 1.99. The van der Waals surface area contributed by atoms with Gasteiger partial charge in [-0.2, -0.15) is 0 Å². The van der Waals surface area contributed by atoms with E-state index in [2.05, 4.69) is 20.9 Å². The summed E-state index contributed by atoms with van der Waals surface area (Å²) in [4.78, 5) is 2.52. The molecule has 0 spiro atoms. The van der Waals surface area contributed by atoms with E-state index in [1.807, 2.05) is 0 Å². The minimum atomic E-state index is 0.520. The molecule has 0 aromatic rings. The number of piperazine rings is 1. The van der Waals surface area contributed by atoms with Gasteiger partial charge in [0.15, 0.2) is 0 Å². The van der Waals surface area contributed by atoms with Gasteiger partial charge in [-0.3, -0.25) is 4.90 Å². The molecule has 2 fully saturated rings. The molecule has 0 unspecified atom stereocenters. The highest BCUT2D eigenvalue weighted by atomic mass is 15.3. The molecule has 0 saturated carbocycles. The smallest absolute Gasteiger partial charge is 0.0703 e. The van der Waals surface area contributed by atoms with E-state index in [0.29, 0.717) is 6.17 Å². The van der Waals surface area contributed by atoms with Crippen LogP contribution >= 0.6 is 0 Å². The Kier molecular flexibility index (Phi) is 3.55. The first-order valence-electron chi connectivity index (χ1n) is 5.35. The van der Waals surface area contributed by atoms with E-state index in [-0.39, 0.29) is 0 Å². The molecule has 0 aliphatic carbocycles. The second kappa shape index (κ2) is 4.91. The SMILES string of the molecule is C1CNC(CN2CCNCC2)NC1. The van der Waals surface area contributed by atoms with E-state index in [0.717, 1.165) is 19.6 Å². The number of rotatable bonds is 2. The Morgan fingerprint density at radius 2 is 1.69 bits per heavy atom. The molecule has 4 heteroatoms. The predicted octanol–water partition coefficient (Wildman–Crippen LogP) is -1.20. The maximum Gasteiger partial charge on any atom is 0.0703 e. The van der Waals surface area contributed by atoms with Gasteiger partial charge >= 0.3 is 0 Å². The van der Waals surface area contributed by atoms with Crippen LogP contribution in [0.15, 0.2) is 0 Å². The van der Waals surface area contributed by atoms with E-state index >= 15 is 0 Å². The molecule has 2 heterocycles. The molecule has 0 atom stereocenters. The Morgan fingerprint density at radius 3 is 2.38 bits per heavy atom. The van der Waals surface area contributed by atoms with Crippen LogP contribution in [0.5, 0.6) is 0 Å². The molecular formula is C9H20N4. The van der Waals surface area contributed by atoms with Crippen LogP contribution in [-0.4, -0.2) is 56.9 Å². The van der Waals surface area contributed by atoms with Crippen LogP contribution in [0.4, 0.5) is 0 Å². The topological polar surface area (TPSA) is 39.3 Å². The molecule has 76 valence electrons. The van der Waals surface area contributed by atoms with Gasteiger partial charge in [0, 0.05) is 32.7 Å². The van der Waals surface area contributed by atoms with Crippen molar-refractivity contribution in [1.29, 1.82) is 0 Å². The first-order chi connectivity index (χ1) is 6.45. The quantitative estimate of drug-likeness (QED) is 0.504. The van der Waals surface area contributed by atoms with Crippen LogP contribution in [0.1, 0.15) is 6.42 Å². The zero-order chi connectivity index (χ0) is 8.93. The van der Waals surface area contributed by atoms with Crippen LogP contribution in [0.2, 0.25) is 0 Å². The molecule has 0 aromatic carbocycles. The van der Waals surface area contributed by atoms with E-state index in [4.69, 9.17) is 0 Å². The van der Waals surface area contributed by atoms with E-state index in [1.54, 1.807) is 0 Å². The van der Waals surface area contributed by atoms with E-state index in [9.17, 15) is 0 Å². The van der Waals surface area contributed by atoms with Gasteiger partial charge in [-0.1, -0.05) is 0 Å². The van der Waals surface area contributed by atoms with Gasteiger partial charge in [0.25, 0.3) is 0 Å². The summed E-state index contributed by atoms with van der Waals surface area (Å²) in [5.41, 5.74) is 0. The van der Waals surface area contributed by atoms with Crippen molar-refractivity contribution in [2.75, 3.05) is 45.8 Å². The third-order valence-corrected chi connectivity index (χ3v) is 2.79. The Bertz CT molecular complexity index is 123. The molecule has 0 amide bonds. The summed E-state index contributed by atoms with van der Waals surface area (Å²) in [5, 5.41) is 10.4. The highest BCUT2D eigenvalue weighted by Gasteiger charge is 2.16. The lowest BCUT2D eigenvalue weighted by Crippen LogP contribution is -2.56. The van der Waals surface area contributed by atoms with Crippen LogP contribution < -0.4 is 16.0 Å². The number of nitrogens with one attached hydrogen (secondary N) is 3. The van der Waals surface area contributed by atoms with Crippen LogP contribution in [0.3, 0.4) is 0 Å². The molecule has 13 heavy (non-hydrogen) atoms. The van der Waals surface area contributed by atoms with Crippen molar-refractivity contribution >= 4 is 0 Å². The lowest BCUT2D eigenvalue weighted by molar-refractivity contribution is 0.193. The highest BCUT2D eigenvalue weighted by molar-refractivity contribution is 4.76. The van der Waals surface area contributed by atoms with Gasteiger partial charge in [-0.25, -0.2) is 0 Å². The minimum absolute atomic E-state index is 0.520.